The minimum Gasteiger partial charge on any atom is -0.507 e. The summed E-state index contributed by atoms with van der Waals surface area (Å²) in [6.07, 6.45) is 1.73. The lowest BCUT2D eigenvalue weighted by Gasteiger charge is -2.27. The van der Waals surface area contributed by atoms with Gasteiger partial charge in [-0.15, -0.1) is 0 Å². The molecule has 0 radical (unpaired) electrons. The maximum absolute atomic E-state index is 13.0. The van der Waals surface area contributed by atoms with E-state index in [2.05, 4.69) is 12.1 Å². The van der Waals surface area contributed by atoms with E-state index in [1.54, 1.807) is 48.7 Å². The SMILES string of the molecule is [2H]C([2H])([2H])C(c1cc(-c2nc3c(-c4cc(-c5cc(-c6ccc(-c7ccccc7)cc6)ccn5)cc(C(C)(C)C)c4)cccc3n2-c2ccc(C)cc2-c2ccccc2)c(O)c(C(C([2H])([2H])[2H])(C([2H])([2H])[2H])C([2H])([2H])[2H])c1)(C([2H])([2H])[2H])C([2H])([2H])[2H]. The Balaban J connectivity index is 1.42. The van der Waals surface area contributed by atoms with Crippen LogP contribution in [0.1, 0.15) is 109 Å². The van der Waals surface area contributed by atoms with Crippen LogP contribution in [0.15, 0.2) is 170 Å². The quantitative estimate of drug-likeness (QED) is 0.174. The number of nitrogens with zero attached hydrogens (tertiary/aromatic N) is 3. The standard InChI is InChI=1S/C61H59N3O/c1-39-24-29-54(50(32-39)43-20-15-12-16-21-43)64-55-23-17-22-49(56(55)63-58(64)51-37-48(60(5,6)7)38-52(57(51)65)61(8,9)10)45-33-46(35-47(34-45)59(2,3)4)53-36-44(30-31-62-53)42-27-25-41(26-28-42)40-18-13-11-14-19-40/h11-38,65H,1-10H3/i5D3,6D3,7D3,8D3,9D3,10D3. The average Bonchev–Trinajstić information content (AvgIpc) is 1.33. The van der Waals surface area contributed by atoms with Gasteiger partial charge < -0.3 is 5.11 Å². The van der Waals surface area contributed by atoms with Gasteiger partial charge in [0.25, 0.3) is 0 Å². The highest BCUT2D eigenvalue weighted by atomic mass is 16.3. The molecule has 324 valence electrons. The van der Waals surface area contributed by atoms with Gasteiger partial charge in [0.1, 0.15) is 11.6 Å². The summed E-state index contributed by atoms with van der Waals surface area (Å²) < 4.78 is 159. The van der Waals surface area contributed by atoms with Crippen molar-refractivity contribution in [1.82, 2.24) is 14.5 Å². The molecule has 1 N–H and O–H groups in total. The van der Waals surface area contributed by atoms with Gasteiger partial charge in [0.2, 0.25) is 0 Å². The third-order valence-corrected chi connectivity index (χ3v) is 11.8. The van der Waals surface area contributed by atoms with E-state index in [1.807, 2.05) is 125 Å². The van der Waals surface area contributed by atoms with Crippen molar-refractivity contribution < 1.29 is 29.8 Å². The summed E-state index contributed by atoms with van der Waals surface area (Å²) in [5.41, 5.74) is -1.97. The van der Waals surface area contributed by atoms with E-state index in [1.165, 1.54) is 4.57 Å². The van der Waals surface area contributed by atoms with Crippen LogP contribution in [0.25, 0.3) is 83.9 Å². The number of hydrogen-bond donors (Lipinski definition) is 1. The first-order valence-electron chi connectivity index (χ1n) is 30.3. The number of aromatic nitrogens is 3. The number of phenolic OH excluding ortho intramolecular Hbond substituents is 1. The molecule has 0 spiro atoms. The third kappa shape index (κ3) is 8.54. The molecule has 0 saturated carbocycles. The predicted molar refractivity (Wildman–Crippen MR) is 274 cm³/mol. The zero-order valence-corrected chi connectivity index (χ0v) is 36.5. The summed E-state index contributed by atoms with van der Waals surface area (Å²) in [5.74, 6) is -1.75. The zero-order valence-electron chi connectivity index (χ0n) is 54.5. The lowest BCUT2D eigenvalue weighted by Crippen LogP contribution is -2.17. The van der Waals surface area contributed by atoms with Gasteiger partial charge in [-0.05, 0) is 116 Å². The van der Waals surface area contributed by atoms with Crippen LogP contribution in [0, 0.1) is 6.92 Å². The Morgan fingerprint density at radius 1 is 0.492 bits per heavy atom. The van der Waals surface area contributed by atoms with E-state index in [0.29, 0.717) is 39.7 Å². The minimum atomic E-state index is -4.13. The van der Waals surface area contributed by atoms with Crippen molar-refractivity contribution in [3.8, 4) is 78.6 Å². The number of pyridine rings is 1. The van der Waals surface area contributed by atoms with Crippen LogP contribution < -0.4 is 0 Å². The van der Waals surface area contributed by atoms with Crippen molar-refractivity contribution in [2.75, 3.05) is 0 Å². The number of rotatable bonds is 7. The first-order chi connectivity index (χ1) is 38.4. The Morgan fingerprint density at radius 2 is 1.12 bits per heavy atom. The second-order valence-electron chi connectivity index (χ2n) is 17.7. The number of phenols is 1. The van der Waals surface area contributed by atoms with E-state index >= 15 is 0 Å². The molecule has 0 saturated heterocycles. The van der Waals surface area contributed by atoms with Gasteiger partial charge in [-0.3, -0.25) is 9.55 Å². The largest absolute Gasteiger partial charge is 0.507 e. The lowest BCUT2D eigenvalue weighted by molar-refractivity contribution is 0.446. The Hall–Kier alpha value is -7.04. The number of aromatic hydroxyl groups is 1. The number of hydrogen-bond acceptors (Lipinski definition) is 3. The van der Waals surface area contributed by atoms with Crippen LogP contribution in [-0.4, -0.2) is 19.6 Å². The van der Waals surface area contributed by atoms with Crippen molar-refractivity contribution >= 4 is 11.0 Å². The van der Waals surface area contributed by atoms with Crippen LogP contribution in [-0.2, 0) is 16.2 Å². The molecule has 4 nitrogen and oxygen atoms in total. The summed E-state index contributed by atoms with van der Waals surface area (Å²) in [7, 11) is 0. The molecule has 4 heteroatoms. The first-order valence-corrected chi connectivity index (χ1v) is 21.3. The van der Waals surface area contributed by atoms with Crippen LogP contribution >= 0.6 is 0 Å². The zero-order chi connectivity index (χ0) is 60.8. The van der Waals surface area contributed by atoms with Crippen molar-refractivity contribution in [3.63, 3.8) is 0 Å². The second kappa shape index (κ2) is 16.5. The molecule has 0 bridgehead atoms. The van der Waals surface area contributed by atoms with Crippen molar-refractivity contribution in [1.29, 1.82) is 0 Å². The molecule has 9 aromatic rings. The second-order valence-corrected chi connectivity index (χ2v) is 17.7. The fraction of sp³-hybridized carbons (Fsp3) is 0.213. The van der Waals surface area contributed by atoms with Crippen molar-refractivity contribution in [2.24, 2.45) is 0 Å². The minimum absolute atomic E-state index is 0.188. The van der Waals surface area contributed by atoms with E-state index in [4.69, 9.17) is 34.6 Å². The van der Waals surface area contributed by atoms with E-state index in [0.717, 1.165) is 45.0 Å². The number of imidazole rings is 1. The summed E-state index contributed by atoms with van der Waals surface area (Å²) in [4.78, 5) is 10.0. The molecule has 2 heterocycles. The van der Waals surface area contributed by atoms with Crippen LogP contribution in [0.3, 0.4) is 0 Å². The van der Waals surface area contributed by atoms with E-state index in [-0.39, 0.29) is 11.0 Å². The summed E-state index contributed by atoms with van der Waals surface area (Å²) in [5, 5.41) is 13.0. The average molecular weight is 868 g/mol. The highest BCUT2D eigenvalue weighted by molar-refractivity contribution is 5.98. The van der Waals surface area contributed by atoms with Gasteiger partial charge in [0.05, 0.1) is 28.0 Å². The predicted octanol–water partition coefficient (Wildman–Crippen LogP) is 16.3. The van der Waals surface area contributed by atoms with Crippen LogP contribution in [0.4, 0.5) is 0 Å². The van der Waals surface area contributed by atoms with E-state index in [9.17, 15) is 5.11 Å². The molecule has 0 aliphatic carbocycles. The van der Waals surface area contributed by atoms with Crippen LogP contribution in [0.2, 0.25) is 0 Å². The Morgan fingerprint density at radius 3 is 1.80 bits per heavy atom. The third-order valence-electron chi connectivity index (χ3n) is 11.8. The van der Waals surface area contributed by atoms with Gasteiger partial charge in [-0.25, -0.2) is 4.98 Å². The molecule has 0 fully saturated rings. The molecule has 0 atom stereocenters. The van der Waals surface area contributed by atoms with Crippen molar-refractivity contribution in [3.05, 3.63) is 192 Å². The van der Waals surface area contributed by atoms with Gasteiger partial charge in [-0.1, -0.05) is 183 Å². The maximum Gasteiger partial charge on any atom is 0.149 e. The topological polar surface area (TPSA) is 50.9 Å². The fourth-order valence-electron chi connectivity index (χ4n) is 8.38. The Labute approximate surface area is 410 Å². The van der Waals surface area contributed by atoms with Gasteiger partial charge in [-0.2, -0.15) is 0 Å². The normalized spacial score (nSPS) is 17.5. The Kier molecular flexibility index (Phi) is 6.77. The number of aryl methyl sites for hydroxylation is 1. The first kappa shape index (κ1) is 26.7. The summed E-state index contributed by atoms with van der Waals surface area (Å²) in [6.45, 7) is -16.5. The molecule has 0 amide bonds. The molecule has 9 rings (SSSR count). The fourth-order valence-corrected chi connectivity index (χ4v) is 8.38. The molecular formula is C61H59N3O. The highest BCUT2D eigenvalue weighted by Gasteiger charge is 2.29. The summed E-state index contributed by atoms with van der Waals surface area (Å²) in [6, 6.07) is 48.8. The molecule has 0 unspecified atom stereocenters. The molecule has 65 heavy (non-hydrogen) atoms. The molecule has 7 aromatic carbocycles. The monoisotopic (exact) mass is 868 g/mol. The molecular weight excluding hydrogens is 791 g/mol. The smallest absolute Gasteiger partial charge is 0.149 e. The molecule has 0 aliphatic heterocycles. The lowest BCUT2D eigenvalue weighted by atomic mass is 9.79. The summed E-state index contributed by atoms with van der Waals surface area (Å²) >= 11 is 0. The highest BCUT2D eigenvalue weighted by Crippen LogP contribution is 2.46. The Bertz CT molecular complexity index is 3810. The number of fused-ring (bicyclic) bond motifs is 1. The van der Waals surface area contributed by atoms with Crippen LogP contribution in [0.5, 0.6) is 5.75 Å². The number of benzene rings is 7. The van der Waals surface area contributed by atoms with Gasteiger partial charge >= 0.3 is 0 Å². The van der Waals surface area contributed by atoms with E-state index < -0.39 is 85.6 Å². The maximum atomic E-state index is 13.0. The number of para-hydroxylation sites is 1. The van der Waals surface area contributed by atoms with Gasteiger partial charge in [0.15, 0.2) is 0 Å². The van der Waals surface area contributed by atoms with Crippen molar-refractivity contribution in [2.45, 2.75) is 85.1 Å². The molecule has 2 aromatic heterocycles. The van der Waals surface area contributed by atoms with Gasteiger partial charge in [0, 0.05) is 53.1 Å². The molecule has 0 aliphatic rings.